The predicted molar refractivity (Wildman–Crippen MR) is 147 cm³/mol. The summed E-state index contributed by atoms with van der Waals surface area (Å²) >= 11 is 0. The average Bonchev–Trinajstić information content (AvgIpc) is 3.32. The first-order chi connectivity index (χ1) is 20.2. The zero-order valence-electron chi connectivity index (χ0n) is 23.2. The van der Waals surface area contributed by atoms with Crippen LogP contribution < -0.4 is 20.5 Å². The van der Waals surface area contributed by atoms with E-state index in [2.05, 4.69) is 15.3 Å². The molecule has 0 spiro atoms. The second kappa shape index (κ2) is 10.5. The lowest BCUT2D eigenvalue weighted by Crippen LogP contribution is -2.51. The van der Waals surface area contributed by atoms with Crippen molar-refractivity contribution in [3.05, 3.63) is 82.9 Å². The predicted octanol–water partition coefficient (Wildman–Crippen LogP) is 4.07. The Kier molecular flexibility index (Phi) is 7.25. The van der Waals surface area contributed by atoms with Gasteiger partial charge in [-0.25, -0.2) is 9.37 Å². The van der Waals surface area contributed by atoms with Crippen LogP contribution in [0.1, 0.15) is 34.1 Å². The number of methoxy groups -OCH3 is 1. The van der Waals surface area contributed by atoms with E-state index in [0.29, 0.717) is 10.9 Å². The lowest BCUT2D eigenvalue weighted by atomic mass is 9.81. The molecule has 2 amide bonds. The summed E-state index contributed by atoms with van der Waals surface area (Å²) in [6.45, 7) is 1.53. The minimum atomic E-state index is -5.35. The van der Waals surface area contributed by atoms with Gasteiger partial charge in [0.2, 0.25) is 11.5 Å². The van der Waals surface area contributed by atoms with E-state index in [-0.39, 0.29) is 40.5 Å². The van der Waals surface area contributed by atoms with Crippen molar-refractivity contribution >= 4 is 22.7 Å². The summed E-state index contributed by atoms with van der Waals surface area (Å²) in [4.78, 5) is 33.9. The lowest BCUT2D eigenvalue weighted by molar-refractivity contribution is -0.265. The highest BCUT2D eigenvalue weighted by Crippen LogP contribution is 2.47. The number of hydrogen-bond donors (Lipinski definition) is 3. The summed E-state index contributed by atoms with van der Waals surface area (Å²) in [5.74, 6) is -2.23. The van der Waals surface area contributed by atoms with Crippen molar-refractivity contribution in [3.8, 4) is 22.8 Å². The fraction of sp³-hybridized carbons (Fsp3) is 0.267. The van der Waals surface area contributed by atoms with E-state index in [1.54, 1.807) is 19.2 Å². The van der Waals surface area contributed by atoms with Crippen molar-refractivity contribution in [3.63, 3.8) is 0 Å². The number of fused-ring (bicyclic) bond motifs is 2. The molecule has 43 heavy (non-hydrogen) atoms. The van der Waals surface area contributed by atoms with Crippen LogP contribution in [0.5, 0.6) is 11.5 Å². The number of rotatable bonds is 7. The number of hydrogen-bond acceptors (Lipinski definition) is 7. The van der Waals surface area contributed by atoms with E-state index in [1.807, 2.05) is 0 Å². The molecule has 4 aromatic rings. The van der Waals surface area contributed by atoms with E-state index in [9.17, 15) is 32.3 Å². The molecule has 2 aromatic carbocycles. The quantitative estimate of drug-likeness (QED) is 0.273. The second-order valence-corrected chi connectivity index (χ2v) is 10.5. The molecule has 13 heteroatoms. The number of nitrogens with one attached hydrogen (secondary N) is 1. The topological polar surface area (TPSA) is 137 Å². The Labute approximate surface area is 242 Å². The number of nitrogens with two attached hydrogens (primary N) is 1. The first-order valence-corrected chi connectivity index (χ1v) is 12.9. The molecule has 0 saturated heterocycles. The molecule has 1 unspecified atom stereocenters. The number of aryl methyl sites for hydroxylation is 1. The Morgan fingerprint density at radius 2 is 1.86 bits per heavy atom. The summed E-state index contributed by atoms with van der Waals surface area (Å²) in [7, 11) is 1.36. The van der Waals surface area contributed by atoms with Crippen molar-refractivity contribution in [1.29, 1.82) is 0 Å². The Balaban J connectivity index is 1.59. The van der Waals surface area contributed by atoms with Crippen LogP contribution in [0, 0.1) is 12.7 Å². The fourth-order valence-corrected chi connectivity index (χ4v) is 4.86. The number of halogens is 4. The molecule has 4 N–H and O–H groups in total. The van der Waals surface area contributed by atoms with Crippen molar-refractivity contribution in [2.45, 2.75) is 31.0 Å². The number of aromatic nitrogens is 2. The SMILES string of the molecule is COc1cc(C(=O)NCC(O)(c2cc3c(c(-c4ccc(F)cc4)n2)OC[C@]3(C)C(N)=O)C(F)(F)F)cc2cc(C)cnc12. The van der Waals surface area contributed by atoms with Gasteiger partial charge in [0.25, 0.3) is 5.91 Å². The Hall–Kier alpha value is -4.78. The molecule has 0 bridgehead atoms. The van der Waals surface area contributed by atoms with Crippen LogP contribution in [0.15, 0.2) is 54.7 Å². The maximum Gasteiger partial charge on any atom is 0.424 e. The summed E-state index contributed by atoms with van der Waals surface area (Å²) in [5.41, 5.74) is 0.516. The van der Waals surface area contributed by atoms with Crippen LogP contribution >= 0.6 is 0 Å². The van der Waals surface area contributed by atoms with E-state index in [1.165, 1.54) is 38.3 Å². The summed E-state index contributed by atoms with van der Waals surface area (Å²) < 4.78 is 68.6. The van der Waals surface area contributed by atoms with Crippen LogP contribution in [-0.4, -0.2) is 53.3 Å². The number of carbonyl (C=O) groups is 2. The first-order valence-electron chi connectivity index (χ1n) is 12.9. The van der Waals surface area contributed by atoms with Crippen LogP contribution in [0.25, 0.3) is 22.2 Å². The van der Waals surface area contributed by atoms with Crippen LogP contribution in [0.4, 0.5) is 17.6 Å². The molecule has 224 valence electrons. The zero-order valence-corrected chi connectivity index (χ0v) is 23.2. The monoisotopic (exact) mass is 598 g/mol. The number of aliphatic hydroxyl groups is 1. The van der Waals surface area contributed by atoms with Gasteiger partial charge in [-0.2, -0.15) is 13.2 Å². The standard InChI is InChI=1S/C30H26F4N4O5/c1-15-8-17-9-18(10-21(42-3)23(17)36-12-15)26(39)37-13-29(41,30(32,33)34)22-11-20-25(43-14-28(20,2)27(35)40)24(38-22)16-4-6-19(31)7-5-16/h4-12,41H,13-14H2,1-3H3,(H2,35,40)(H,37,39)/t28-,29?/m0/s1. The van der Waals surface area contributed by atoms with Gasteiger partial charge in [0.1, 0.15) is 40.5 Å². The van der Waals surface area contributed by atoms with Gasteiger partial charge in [0, 0.05) is 28.3 Å². The molecule has 1 aliphatic rings. The maximum absolute atomic E-state index is 14.7. The highest BCUT2D eigenvalue weighted by Gasteiger charge is 2.57. The normalized spacial score (nSPS) is 17.6. The van der Waals surface area contributed by atoms with Gasteiger partial charge >= 0.3 is 6.18 Å². The molecule has 3 heterocycles. The number of amides is 2. The zero-order chi connectivity index (χ0) is 31.3. The molecule has 2 atom stereocenters. The number of carbonyl (C=O) groups excluding carboxylic acids is 2. The minimum Gasteiger partial charge on any atom is -0.494 e. The number of nitrogens with zero attached hydrogens (tertiary/aromatic N) is 2. The fourth-order valence-electron chi connectivity index (χ4n) is 4.86. The van der Waals surface area contributed by atoms with Gasteiger partial charge < -0.3 is 25.6 Å². The van der Waals surface area contributed by atoms with Gasteiger partial charge in [-0.15, -0.1) is 0 Å². The molecule has 0 saturated carbocycles. The van der Waals surface area contributed by atoms with Crippen molar-refractivity contribution in [2.75, 3.05) is 20.3 Å². The van der Waals surface area contributed by atoms with E-state index >= 15 is 0 Å². The molecule has 0 radical (unpaired) electrons. The average molecular weight is 599 g/mol. The highest BCUT2D eigenvalue weighted by molar-refractivity contribution is 6.00. The van der Waals surface area contributed by atoms with E-state index in [0.717, 1.165) is 23.8 Å². The number of alkyl halides is 3. The number of pyridine rings is 2. The van der Waals surface area contributed by atoms with Gasteiger partial charge in [-0.3, -0.25) is 14.6 Å². The lowest BCUT2D eigenvalue weighted by Gasteiger charge is -2.31. The number of ether oxygens (including phenoxy) is 2. The molecular formula is C30H26F4N4O5. The first kappa shape index (κ1) is 29.7. The Morgan fingerprint density at radius 3 is 2.49 bits per heavy atom. The smallest absolute Gasteiger partial charge is 0.424 e. The maximum atomic E-state index is 14.7. The van der Waals surface area contributed by atoms with Crippen molar-refractivity contribution in [2.24, 2.45) is 5.73 Å². The Bertz CT molecular complexity index is 1760. The van der Waals surface area contributed by atoms with E-state index in [4.69, 9.17) is 15.2 Å². The molecule has 0 aliphatic carbocycles. The highest BCUT2D eigenvalue weighted by atomic mass is 19.4. The van der Waals surface area contributed by atoms with Crippen LogP contribution in [0.3, 0.4) is 0 Å². The second-order valence-electron chi connectivity index (χ2n) is 10.5. The largest absolute Gasteiger partial charge is 0.494 e. The third-order valence-electron chi connectivity index (χ3n) is 7.50. The molecule has 2 aromatic heterocycles. The van der Waals surface area contributed by atoms with Crippen LogP contribution in [-0.2, 0) is 15.8 Å². The molecule has 1 aliphatic heterocycles. The van der Waals surface area contributed by atoms with Crippen LogP contribution in [0.2, 0.25) is 0 Å². The number of primary amides is 1. The van der Waals surface area contributed by atoms with Gasteiger partial charge in [0.15, 0.2) is 0 Å². The summed E-state index contributed by atoms with van der Waals surface area (Å²) in [6, 6.07) is 10.1. The van der Waals surface area contributed by atoms with Crippen molar-refractivity contribution < 1.29 is 41.7 Å². The van der Waals surface area contributed by atoms with Crippen molar-refractivity contribution in [1.82, 2.24) is 15.3 Å². The van der Waals surface area contributed by atoms with Gasteiger partial charge in [0.05, 0.1) is 19.3 Å². The Morgan fingerprint density at radius 1 is 1.16 bits per heavy atom. The van der Waals surface area contributed by atoms with E-state index < -0.39 is 47.1 Å². The molecule has 9 nitrogen and oxygen atoms in total. The third kappa shape index (κ3) is 5.09. The third-order valence-corrected chi connectivity index (χ3v) is 7.50. The summed E-state index contributed by atoms with van der Waals surface area (Å²) in [6.07, 6.45) is -3.75. The minimum absolute atomic E-state index is 0.0302. The number of benzene rings is 2. The molecular weight excluding hydrogens is 572 g/mol. The molecule has 5 rings (SSSR count). The van der Waals surface area contributed by atoms with Gasteiger partial charge in [-0.05, 0) is 67.9 Å². The molecule has 0 fully saturated rings. The van der Waals surface area contributed by atoms with Gasteiger partial charge in [-0.1, -0.05) is 0 Å². The summed E-state index contributed by atoms with van der Waals surface area (Å²) in [5, 5.41) is 13.9.